The van der Waals surface area contributed by atoms with Gasteiger partial charge in [0.25, 0.3) is 0 Å². The molecule has 1 aliphatic carbocycles. The molecule has 1 aromatic carbocycles. The van der Waals surface area contributed by atoms with Crippen LogP contribution in [0.1, 0.15) is 13.3 Å². The Morgan fingerprint density at radius 2 is 2.28 bits per heavy atom. The predicted molar refractivity (Wildman–Crippen MR) is 72.3 cm³/mol. The molecule has 0 aliphatic heterocycles. The fourth-order valence-corrected chi connectivity index (χ4v) is 2.59. The van der Waals surface area contributed by atoms with Gasteiger partial charge in [0.05, 0.1) is 16.6 Å². The Morgan fingerprint density at radius 3 is 2.89 bits per heavy atom. The summed E-state index contributed by atoms with van der Waals surface area (Å²) < 4.78 is 24.6. The van der Waals surface area contributed by atoms with Crippen LogP contribution in [0.15, 0.2) is 22.7 Å². The Labute approximate surface area is 115 Å². The monoisotopic (exact) mass is 317 g/mol. The van der Waals surface area contributed by atoms with Crippen LogP contribution in [0.5, 0.6) is 0 Å². The molecule has 18 heavy (non-hydrogen) atoms. The highest BCUT2D eigenvalue weighted by Gasteiger charge is 2.42. The van der Waals surface area contributed by atoms with Gasteiger partial charge >= 0.3 is 0 Å². The van der Waals surface area contributed by atoms with Crippen molar-refractivity contribution >= 4 is 21.6 Å². The van der Waals surface area contributed by atoms with Gasteiger partial charge in [0.1, 0.15) is 11.9 Å². The van der Waals surface area contributed by atoms with Crippen LogP contribution in [-0.4, -0.2) is 32.0 Å². The summed E-state index contributed by atoms with van der Waals surface area (Å²) in [7, 11) is 1.69. The van der Waals surface area contributed by atoms with Gasteiger partial charge in [-0.1, -0.05) is 0 Å². The third-order valence-corrected chi connectivity index (χ3v) is 3.78. The van der Waals surface area contributed by atoms with Crippen molar-refractivity contribution in [2.75, 3.05) is 19.0 Å². The zero-order valence-corrected chi connectivity index (χ0v) is 12.0. The van der Waals surface area contributed by atoms with Crippen LogP contribution in [0.2, 0.25) is 0 Å². The minimum absolute atomic E-state index is 0.0498. The molecule has 0 heterocycles. The first-order chi connectivity index (χ1) is 8.65. The normalized spacial score (nSPS) is 26.8. The number of anilines is 1. The molecule has 0 bridgehead atoms. The van der Waals surface area contributed by atoms with Crippen LogP contribution in [-0.2, 0) is 9.47 Å². The highest BCUT2D eigenvalue weighted by molar-refractivity contribution is 9.10. The van der Waals surface area contributed by atoms with Gasteiger partial charge in [-0.3, -0.25) is 0 Å². The lowest BCUT2D eigenvalue weighted by atomic mass is 9.85. The van der Waals surface area contributed by atoms with Crippen LogP contribution < -0.4 is 5.32 Å². The maximum atomic E-state index is 13.1. The largest absolute Gasteiger partial charge is 0.379 e. The molecule has 3 nitrogen and oxygen atoms in total. The zero-order valence-electron chi connectivity index (χ0n) is 10.5. The summed E-state index contributed by atoms with van der Waals surface area (Å²) in [5, 5.41) is 3.33. The van der Waals surface area contributed by atoms with E-state index in [9.17, 15) is 4.39 Å². The first-order valence-electron chi connectivity index (χ1n) is 6.01. The van der Waals surface area contributed by atoms with Crippen molar-refractivity contribution in [1.29, 1.82) is 0 Å². The van der Waals surface area contributed by atoms with Crippen molar-refractivity contribution in [1.82, 2.24) is 0 Å². The van der Waals surface area contributed by atoms with Crippen LogP contribution >= 0.6 is 15.9 Å². The lowest BCUT2D eigenvalue weighted by molar-refractivity contribution is -0.118. The first-order valence-corrected chi connectivity index (χ1v) is 6.81. The molecule has 1 fully saturated rings. The fourth-order valence-electron chi connectivity index (χ4n) is 2.22. The summed E-state index contributed by atoms with van der Waals surface area (Å²) in [4.78, 5) is 0. The van der Waals surface area contributed by atoms with Crippen LogP contribution in [0.4, 0.5) is 10.1 Å². The summed E-state index contributed by atoms with van der Waals surface area (Å²) in [5.41, 5.74) is 0.880. The minimum Gasteiger partial charge on any atom is -0.379 e. The second-order valence-electron chi connectivity index (χ2n) is 4.31. The maximum absolute atomic E-state index is 13.1. The maximum Gasteiger partial charge on any atom is 0.137 e. The minimum atomic E-state index is -0.260. The molecule has 1 N–H and O–H groups in total. The van der Waals surface area contributed by atoms with Gasteiger partial charge in [-0.15, -0.1) is 0 Å². The first kappa shape index (κ1) is 13.8. The molecule has 3 atom stereocenters. The summed E-state index contributed by atoms with van der Waals surface area (Å²) in [5.74, 6) is -0.260. The standard InChI is InChI=1S/C13H17BrFNO2/c1-3-18-12-7-11(13(12)17-2)16-8-4-5-10(15)9(14)6-8/h4-6,11-13,16H,3,7H2,1-2H3. The van der Waals surface area contributed by atoms with Gasteiger partial charge in [0.2, 0.25) is 0 Å². The lowest BCUT2D eigenvalue weighted by Gasteiger charge is -2.43. The van der Waals surface area contributed by atoms with E-state index in [1.807, 2.05) is 6.92 Å². The zero-order chi connectivity index (χ0) is 13.1. The Hall–Kier alpha value is -0.650. The molecule has 2 rings (SSSR count). The van der Waals surface area contributed by atoms with E-state index in [0.29, 0.717) is 11.1 Å². The Morgan fingerprint density at radius 1 is 1.50 bits per heavy atom. The number of methoxy groups -OCH3 is 1. The van der Waals surface area contributed by atoms with Gasteiger partial charge in [-0.25, -0.2) is 4.39 Å². The Balaban J connectivity index is 1.96. The second-order valence-corrected chi connectivity index (χ2v) is 5.16. The van der Waals surface area contributed by atoms with Crippen LogP contribution in [0, 0.1) is 5.82 Å². The molecule has 0 saturated heterocycles. The van der Waals surface area contributed by atoms with E-state index in [2.05, 4.69) is 21.2 Å². The van der Waals surface area contributed by atoms with E-state index < -0.39 is 0 Å². The number of halogens is 2. The van der Waals surface area contributed by atoms with Crippen LogP contribution in [0.3, 0.4) is 0 Å². The van der Waals surface area contributed by atoms with Gasteiger partial charge in [-0.05, 0) is 47.5 Å². The van der Waals surface area contributed by atoms with Gasteiger partial charge in [0.15, 0.2) is 0 Å². The molecule has 1 aromatic rings. The number of ether oxygens (including phenoxy) is 2. The third-order valence-electron chi connectivity index (χ3n) is 3.17. The molecule has 1 aliphatic rings. The van der Waals surface area contributed by atoms with Crippen molar-refractivity contribution in [3.05, 3.63) is 28.5 Å². The highest BCUT2D eigenvalue weighted by atomic mass is 79.9. The average molecular weight is 318 g/mol. The van der Waals surface area contributed by atoms with Crippen molar-refractivity contribution in [3.8, 4) is 0 Å². The molecular formula is C13H17BrFNO2. The van der Waals surface area contributed by atoms with E-state index in [-0.39, 0.29) is 24.1 Å². The molecule has 0 spiro atoms. The van der Waals surface area contributed by atoms with E-state index in [1.54, 1.807) is 19.2 Å². The summed E-state index contributed by atoms with van der Waals surface area (Å²) in [6.45, 7) is 2.67. The third kappa shape index (κ3) is 2.84. The second kappa shape index (κ2) is 5.99. The van der Waals surface area contributed by atoms with E-state index >= 15 is 0 Å². The number of rotatable bonds is 5. The summed E-state index contributed by atoms with van der Waals surface area (Å²) >= 11 is 3.17. The lowest BCUT2D eigenvalue weighted by Crippen LogP contribution is -2.56. The smallest absolute Gasteiger partial charge is 0.137 e. The fraction of sp³-hybridized carbons (Fsp3) is 0.538. The summed E-state index contributed by atoms with van der Waals surface area (Å²) in [6.07, 6.45) is 1.11. The van der Waals surface area contributed by atoms with Gasteiger partial charge in [0, 0.05) is 19.4 Å². The average Bonchev–Trinajstić information content (AvgIpc) is 2.32. The molecular weight excluding hydrogens is 301 g/mol. The number of benzene rings is 1. The van der Waals surface area contributed by atoms with Gasteiger partial charge < -0.3 is 14.8 Å². The molecule has 0 aromatic heterocycles. The van der Waals surface area contributed by atoms with Crippen molar-refractivity contribution in [3.63, 3.8) is 0 Å². The quantitative estimate of drug-likeness (QED) is 0.904. The number of nitrogens with one attached hydrogen (secondary N) is 1. The molecule has 100 valence electrons. The summed E-state index contributed by atoms with van der Waals surface area (Å²) in [6, 6.07) is 5.10. The van der Waals surface area contributed by atoms with Gasteiger partial charge in [-0.2, -0.15) is 0 Å². The van der Waals surface area contributed by atoms with Crippen molar-refractivity contribution in [2.24, 2.45) is 0 Å². The number of hydrogen-bond donors (Lipinski definition) is 1. The topological polar surface area (TPSA) is 30.5 Å². The molecule has 0 amide bonds. The number of hydrogen-bond acceptors (Lipinski definition) is 3. The van der Waals surface area contributed by atoms with E-state index in [1.165, 1.54) is 6.07 Å². The van der Waals surface area contributed by atoms with E-state index in [0.717, 1.165) is 12.1 Å². The Kier molecular flexibility index (Phi) is 4.59. The SMILES string of the molecule is CCOC1CC(Nc2ccc(F)c(Br)c2)C1OC. The molecule has 0 radical (unpaired) electrons. The Bertz CT molecular complexity index is 416. The van der Waals surface area contributed by atoms with Crippen molar-refractivity contribution in [2.45, 2.75) is 31.6 Å². The van der Waals surface area contributed by atoms with Crippen molar-refractivity contribution < 1.29 is 13.9 Å². The van der Waals surface area contributed by atoms with E-state index in [4.69, 9.17) is 9.47 Å². The molecule has 1 saturated carbocycles. The highest BCUT2D eigenvalue weighted by Crippen LogP contribution is 2.30. The van der Waals surface area contributed by atoms with Crippen LogP contribution in [0.25, 0.3) is 0 Å². The predicted octanol–water partition coefficient (Wildman–Crippen LogP) is 3.19. The molecule has 3 unspecified atom stereocenters. The molecule has 5 heteroatoms.